The molecule has 0 aliphatic carbocycles. The zero-order valence-corrected chi connectivity index (χ0v) is 9.93. The van der Waals surface area contributed by atoms with E-state index in [1.165, 1.54) is 0 Å². The summed E-state index contributed by atoms with van der Waals surface area (Å²) < 4.78 is 10.6. The van der Waals surface area contributed by atoms with Crippen molar-refractivity contribution in [1.29, 1.82) is 0 Å². The van der Waals surface area contributed by atoms with Crippen LogP contribution in [-0.4, -0.2) is 41.5 Å². The van der Waals surface area contributed by atoms with E-state index in [9.17, 15) is 0 Å². The second-order valence-electron chi connectivity index (χ2n) is 4.43. The molecule has 0 bridgehead atoms. The molecule has 5 heteroatoms. The van der Waals surface area contributed by atoms with Crippen molar-refractivity contribution in [3.8, 4) is 0 Å². The van der Waals surface area contributed by atoms with Crippen molar-refractivity contribution in [3.63, 3.8) is 0 Å². The van der Waals surface area contributed by atoms with Crippen LogP contribution in [0.2, 0.25) is 0 Å². The Morgan fingerprint density at radius 2 is 1.73 bits per heavy atom. The number of hydrogen-bond donors (Lipinski definition) is 3. The first-order valence-electron chi connectivity index (χ1n) is 5.14. The average Bonchev–Trinajstić information content (AvgIpc) is 2.09. The predicted octanol–water partition coefficient (Wildman–Crippen LogP) is 0.0497. The number of aliphatic hydroxyl groups is 2. The molecule has 0 aliphatic rings. The maximum atomic E-state index is 9.05. The summed E-state index contributed by atoms with van der Waals surface area (Å²) in [5, 5.41) is 18.1. The van der Waals surface area contributed by atoms with Crippen LogP contribution in [-0.2, 0) is 9.47 Å². The fourth-order valence-electron chi connectivity index (χ4n) is 1.05. The lowest BCUT2D eigenvalue weighted by Gasteiger charge is -2.30. The van der Waals surface area contributed by atoms with Crippen molar-refractivity contribution in [2.24, 2.45) is 11.7 Å². The van der Waals surface area contributed by atoms with Crippen molar-refractivity contribution >= 4 is 0 Å². The van der Waals surface area contributed by atoms with Crippen molar-refractivity contribution in [3.05, 3.63) is 0 Å². The van der Waals surface area contributed by atoms with E-state index in [2.05, 4.69) is 0 Å². The Morgan fingerprint density at radius 3 is 2.00 bits per heavy atom. The Bertz CT molecular complexity index is 167. The summed E-state index contributed by atoms with van der Waals surface area (Å²) in [5.41, 5.74) is 4.76. The summed E-state index contributed by atoms with van der Waals surface area (Å²) in [6, 6.07) is 0. The van der Waals surface area contributed by atoms with E-state index in [1.54, 1.807) is 13.8 Å². The van der Waals surface area contributed by atoms with E-state index in [-0.39, 0.29) is 25.2 Å². The molecule has 2 unspecified atom stereocenters. The number of rotatable bonds is 7. The highest BCUT2D eigenvalue weighted by Gasteiger charge is 2.23. The Hall–Kier alpha value is -0.200. The third kappa shape index (κ3) is 6.81. The van der Waals surface area contributed by atoms with Crippen molar-refractivity contribution < 1.29 is 19.7 Å². The van der Waals surface area contributed by atoms with Gasteiger partial charge >= 0.3 is 0 Å². The summed E-state index contributed by atoms with van der Waals surface area (Å²) in [4.78, 5) is 0. The van der Waals surface area contributed by atoms with E-state index in [0.717, 1.165) is 0 Å². The fraction of sp³-hybridized carbons (Fsp3) is 1.00. The van der Waals surface area contributed by atoms with Crippen LogP contribution in [0, 0.1) is 5.92 Å². The van der Waals surface area contributed by atoms with Gasteiger partial charge in [-0.05, 0) is 19.8 Å². The number of nitrogens with two attached hydrogens (primary N) is 1. The average molecular weight is 221 g/mol. The molecule has 0 fully saturated rings. The molecule has 4 N–H and O–H groups in total. The first kappa shape index (κ1) is 14.8. The zero-order chi connectivity index (χ0) is 12.1. The largest absolute Gasteiger partial charge is 0.394 e. The van der Waals surface area contributed by atoms with Gasteiger partial charge in [-0.2, -0.15) is 0 Å². The number of aliphatic hydroxyl groups excluding tert-OH is 2. The number of hydrogen-bond acceptors (Lipinski definition) is 5. The van der Waals surface area contributed by atoms with Gasteiger partial charge in [0.25, 0.3) is 0 Å². The summed E-state index contributed by atoms with van der Waals surface area (Å²) in [6.07, 6.45) is -1.16. The second-order valence-corrected chi connectivity index (χ2v) is 4.43. The van der Waals surface area contributed by atoms with Gasteiger partial charge in [0.05, 0.1) is 19.3 Å². The first-order valence-corrected chi connectivity index (χ1v) is 5.14. The van der Waals surface area contributed by atoms with Gasteiger partial charge in [0.2, 0.25) is 0 Å². The molecule has 0 spiro atoms. The lowest BCUT2D eigenvalue weighted by Crippen LogP contribution is -2.44. The molecule has 2 atom stereocenters. The molecule has 0 aliphatic heterocycles. The van der Waals surface area contributed by atoms with Gasteiger partial charge in [-0.1, -0.05) is 13.8 Å². The van der Waals surface area contributed by atoms with Crippen LogP contribution in [0.5, 0.6) is 0 Å². The molecule has 15 heavy (non-hydrogen) atoms. The topological polar surface area (TPSA) is 84.9 Å². The van der Waals surface area contributed by atoms with Gasteiger partial charge in [-0.3, -0.25) is 0 Å². The molecule has 0 radical (unpaired) electrons. The molecular weight excluding hydrogens is 198 g/mol. The Morgan fingerprint density at radius 1 is 1.20 bits per heavy atom. The third-order valence-electron chi connectivity index (χ3n) is 1.83. The van der Waals surface area contributed by atoms with Crippen molar-refractivity contribution in [1.82, 2.24) is 0 Å². The molecule has 0 aromatic heterocycles. The van der Waals surface area contributed by atoms with Gasteiger partial charge in [-0.25, -0.2) is 0 Å². The minimum Gasteiger partial charge on any atom is -0.394 e. The molecule has 0 aromatic carbocycles. The molecule has 0 amide bonds. The van der Waals surface area contributed by atoms with Crippen LogP contribution in [0.15, 0.2) is 0 Å². The summed E-state index contributed by atoms with van der Waals surface area (Å²) in [6.45, 7) is 6.78. The van der Waals surface area contributed by atoms with Crippen LogP contribution in [0.3, 0.4) is 0 Å². The Labute approximate surface area is 91.2 Å². The third-order valence-corrected chi connectivity index (χ3v) is 1.83. The minimum absolute atomic E-state index is 0.109. The Kier molecular flexibility index (Phi) is 6.31. The summed E-state index contributed by atoms with van der Waals surface area (Å²) >= 11 is 0. The number of ether oxygens (including phenoxy) is 2. The van der Waals surface area contributed by atoms with Gasteiger partial charge in [-0.15, -0.1) is 0 Å². The van der Waals surface area contributed by atoms with E-state index in [4.69, 9.17) is 25.4 Å². The van der Waals surface area contributed by atoms with Gasteiger partial charge in [0.15, 0.2) is 6.29 Å². The summed E-state index contributed by atoms with van der Waals surface area (Å²) in [7, 11) is 0. The normalized spacial score (nSPS) is 16.8. The molecular formula is C10H23NO4. The molecule has 0 aromatic rings. The molecule has 0 heterocycles. The van der Waals surface area contributed by atoms with Gasteiger partial charge in [0, 0.05) is 0 Å². The van der Waals surface area contributed by atoms with Crippen LogP contribution in [0.4, 0.5) is 0 Å². The molecule has 0 saturated carbocycles. The fourth-order valence-corrected chi connectivity index (χ4v) is 1.05. The van der Waals surface area contributed by atoms with Crippen molar-refractivity contribution in [2.45, 2.75) is 45.8 Å². The minimum atomic E-state index is -0.871. The maximum absolute atomic E-state index is 9.05. The maximum Gasteiger partial charge on any atom is 0.183 e. The van der Waals surface area contributed by atoms with Gasteiger partial charge in [0.1, 0.15) is 5.72 Å². The Balaban J connectivity index is 4.19. The molecule has 92 valence electrons. The van der Waals surface area contributed by atoms with Gasteiger partial charge < -0.3 is 25.4 Å². The lowest BCUT2D eigenvalue weighted by molar-refractivity contribution is -0.242. The van der Waals surface area contributed by atoms with E-state index >= 15 is 0 Å². The lowest BCUT2D eigenvalue weighted by atomic mass is 10.1. The van der Waals surface area contributed by atoms with Crippen LogP contribution in [0.25, 0.3) is 0 Å². The summed E-state index contributed by atoms with van der Waals surface area (Å²) in [5.74, 6) is 0.147. The van der Waals surface area contributed by atoms with Crippen LogP contribution in [0.1, 0.15) is 27.7 Å². The SMILES string of the molecule is CC(C)C(CO)OC(CO)OC(C)(C)N. The van der Waals surface area contributed by atoms with Crippen molar-refractivity contribution in [2.75, 3.05) is 13.2 Å². The highest BCUT2D eigenvalue weighted by Crippen LogP contribution is 2.13. The highest BCUT2D eigenvalue weighted by molar-refractivity contribution is 4.64. The van der Waals surface area contributed by atoms with E-state index < -0.39 is 12.0 Å². The molecule has 0 saturated heterocycles. The predicted molar refractivity (Wildman–Crippen MR) is 57.0 cm³/mol. The van der Waals surface area contributed by atoms with Crippen LogP contribution < -0.4 is 5.73 Å². The van der Waals surface area contributed by atoms with E-state index in [0.29, 0.717) is 0 Å². The molecule has 0 rings (SSSR count). The highest BCUT2D eigenvalue weighted by atomic mass is 16.7. The first-order chi connectivity index (χ1) is 6.80. The smallest absolute Gasteiger partial charge is 0.183 e. The standard InChI is InChI=1S/C10H23NO4/c1-7(2)8(5-12)14-9(6-13)15-10(3,4)11/h7-9,12-13H,5-6,11H2,1-4H3. The zero-order valence-electron chi connectivity index (χ0n) is 9.93. The monoisotopic (exact) mass is 221 g/mol. The second kappa shape index (κ2) is 6.40. The van der Waals surface area contributed by atoms with E-state index in [1.807, 2.05) is 13.8 Å². The molecule has 5 nitrogen and oxygen atoms in total. The van der Waals surface area contributed by atoms with Crippen LogP contribution >= 0.6 is 0 Å². The quantitative estimate of drug-likeness (QED) is 0.529.